The Morgan fingerprint density at radius 1 is 1.32 bits per heavy atom. The normalized spacial score (nSPS) is 22.3. The number of nitrogens with zero attached hydrogens (tertiary/aromatic N) is 1. The van der Waals surface area contributed by atoms with Crippen LogP contribution in [0.5, 0.6) is 0 Å². The van der Waals surface area contributed by atoms with Crippen LogP contribution in [0, 0.1) is 13.8 Å². The van der Waals surface area contributed by atoms with Gasteiger partial charge in [-0.25, -0.2) is 4.98 Å². The quantitative estimate of drug-likeness (QED) is 0.684. The highest BCUT2D eigenvalue weighted by atomic mass is 35.5. The maximum atomic E-state index is 6.06. The van der Waals surface area contributed by atoms with Gasteiger partial charge in [0.1, 0.15) is 5.15 Å². The molecule has 2 aromatic rings. The average Bonchev–Trinajstić information content (AvgIpc) is 2.78. The summed E-state index contributed by atoms with van der Waals surface area (Å²) in [5, 5.41) is 0.631. The number of halogens is 1. The highest BCUT2D eigenvalue weighted by Crippen LogP contribution is 2.41. The van der Waals surface area contributed by atoms with E-state index >= 15 is 0 Å². The van der Waals surface area contributed by atoms with Crippen LogP contribution in [0.2, 0.25) is 5.15 Å². The second kappa shape index (κ2) is 4.60. The summed E-state index contributed by atoms with van der Waals surface area (Å²) in [4.78, 5) is 7.41. The van der Waals surface area contributed by atoms with Gasteiger partial charge in [0, 0.05) is 20.9 Å². The van der Waals surface area contributed by atoms with Gasteiger partial charge >= 0.3 is 0 Å². The Morgan fingerprint density at radius 3 is 2.79 bits per heavy atom. The van der Waals surface area contributed by atoms with Gasteiger partial charge in [-0.05, 0) is 62.4 Å². The van der Waals surface area contributed by atoms with E-state index in [1.807, 2.05) is 17.4 Å². The van der Waals surface area contributed by atoms with Gasteiger partial charge in [-0.3, -0.25) is 0 Å². The van der Waals surface area contributed by atoms with E-state index in [-0.39, 0.29) is 5.41 Å². The van der Waals surface area contributed by atoms with Crippen molar-refractivity contribution in [3.8, 4) is 0 Å². The number of hydrogen-bond acceptors (Lipinski definition) is 2. The predicted molar refractivity (Wildman–Crippen MR) is 82.4 cm³/mol. The summed E-state index contributed by atoms with van der Waals surface area (Å²) in [6.45, 7) is 6.72. The third kappa shape index (κ3) is 2.32. The van der Waals surface area contributed by atoms with Crippen molar-refractivity contribution >= 4 is 22.9 Å². The van der Waals surface area contributed by atoms with E-state index < -0.39 is 0 Å². The molecule has 0 spiro atoms. The van der Waals surface area contributed by atoms with Crippen molar-refractivity contribution in [1.29, 1.82) is 0 Å². The Labute approximate surface area is 123 Å². The van der Waals surface area contributed by atoms with E-state index in [9.17, 15) is 0 Å². The van der Waals surface area contributed by atoms with Gasteiger partial charge in [0.2, 0.25) is 0 Å². The third-order valence-corrected chi connectivity index (χ3v) is 5.72. The molecule has 1 atom stereocenters. The molecule has 2 heterocycles. The fourth-order valence-electron chi connectivity index (χ4n) is 3.01. The second-order valence-electron chi connectivity index (χ2n) is 5.83. The van der Waals surface area contributed by atoms with Crippen molar-refractivity contribution in [2.45, 2.75) is 45.4 Å². The Balaban J connectivity index is 2.02. The first-order chi connectivity index (χ1) is 8.98. The summed E-state index contributed by atoms with van der Waals surface area (Å²) in [5.74, 6) is 0. The van der Waals surface area contributed by atoms with Crippen molar-refractivity contribution in [2.75, 3.05) is 0 Å². The molecule has 0 amide bonds. The maximum Gasteiger partial charge on any atom is 0.129 e. The van der Waals surface area contributed by atoms with Crippen LogP contribution in [0.15, 0.2) is 18.2 Å². The molecule has 0 fully saturated rings. The zero-order valence-electron chi connectivity index (χ0n) is 11.6. The minimum Gasteiger partial charge on any atom is -0.241 e. The summed E-state index contributed by atoms with van der Waals surface area (Å²) < 4.78 is 0. The van der Waals surface area contributed by atoms with E-state index in [0.29, 0.717) is 5.15 Å². The molecule has 3 rings (SSSR count). The van der Waals surface area contributed by atoms with Gasteiger partial charge < -0.3 is 0 Å². The summed E-state index contributed by atoms with van der Waals surface area (Å²) >= 11 is 7.99. The highest BCUT2D eigenvalue weighted by Gasteiger charge is 2.34. The number of fused-ring (bicyclic) bond motifs is 1. The zero-order chi connectivity index (χ0) is 13.6. The molecule has 2 aromatic heterocycles. The first kappa shape index (κ1) is 13.1. The van der Waals surface area contributed by atoms with E-state index in [4.69, 9.17) is 11.6 Å². The lowest BCUT2D eigenvalue weighted by Gasteiger charge is -2.34. The lowest BCUT2D eigenvalue weighted by Crippen LogP contribution is -2.30. The zero-order valence-corrected chi connectivity index (χ0v) is 13.2. The molecule has 19 heavy (non-hydrogen) atoms. The van der Waals surface area contributed by atoms with Crippen molar-refractivity contribution < 1.29 is 0 Å². The first-order valence-corrected chi connectivity index (χ1v) is 7.89. The minimum absolute atomic E-state index is 0.256. The molecule has 0 N–H and O–H groups in total. The molecule has 0 bridgehead atoms. The van der Waals surface area contributed by atoms with Crippen molar-refractivity contribution in [1.82, 2.24) is 4.98 Å². The number of aromatic nitrogens is 1. The van der Waals surface area contributed by atoms with Gasteiger partial charge in [-0.15, -0.1) is 11.3 Å². The molecular weight excluding hydrogens is 274 g/mol. The van der Waals surface area contributed by atoms with E-state index in [1.54, 1.807) is 0 Å². The van der Waals surface area contributed by atoms with Gasteiger partial charge in [0.05, 0.1) is 0 Å². The number of rotatable bonds is 1. The Morgan fingerprint density at radius 2 is 2.11 bits per heavy atom. The van der Waals surface area contributed by atoms with Gasteiger partial charge in [-0.2, -0.15) is 0 Å². The Bertz CT molecular complexity index is 632. The molecule has 1 aliphatic rings. The van der Waals surface area contributed by atoms with Crippen LogP contribution >= 0.6 is 22.9 Å². The van der Waals surface area contributed by atoms with Crippen molar-refractivity contribution in [2.24, 2.45) is 0 Å². The van der Waals surface area contributed by atoms with Gasteiger partial charge in [0.15, 0.2) is 0 Å². The van der Waals surface area contributed by atoms with E-state index in [1.165, 1.54) is 26.6 Å². The van der Waals surface area contributed by atoms with Crippen LogP contribution < -0.4 is 0 Å². The maximum absolute atomic E-state index is 6.06. The smallest absolute Gasteiger partial charge is 0.129 e. The average molecular weight is 292 g/mol. The highest BCUT2D eigenvalue weighted by molar-refractivity contribution is 7.12. The van der Waals surface area contributed by atoms with Crippen LogP contribution in [0.4, 0.5) is 0 Å². The van der Waals surface area contributed by atoms with Gasteiger partial charge in [0.25, 0.3) is 0 Å². The fraction of sp³-hybridized carbons (Fsp3) is 0.438. The molecule has 0 saturated carbocycles. The Hall–Kier alpha value is -0.860. The number of hydrogen-bond donors (Lipinski definition) is 0. The molecule has 0 saturated heterocycles. The summed E-state index contributed by atoms with van der Waals surface area (Å²) in [5.41, 5.74) is 4.15. The SMILES string of the molecule is Cc1ccc(C2(C)CCc3nc(Cl)cc(C)c3C2)s1. The van der Waals surface area contributed by atoms with Crippen LogP contribution in [-0.4, -0.2) is 4.98 Å². The van der Waals surface area contributed by atoms with Gasteiger partial charge in [-0.1, -0.05) is 18.5 Å². The van der Waals surface area contributed by atoms with E-state index in [0.717, 1.165) is 19.3 Å². The molecule has 0 aliphatic heterocycles. The molecule has 1 aliphatic carbocycles. The molecule has 1 unspecified atom stereocenters. The van der Waals surface area contributed by atoms with Crippen LogP contribution in [0.3, 0.4) is 0 Å². The van der Waals surface area contributed by atoms with Crippen LogP contribution in [-0.2, 0) is 18.3 Å². The second-order valence-corrected chi connectivity index (χ2v) is 7.51. The topological polar surface area (TPSA) is 12.9 Å². The van der Waals surface area contributed by atoms with Crippen molar-refractivity contribution in [3.05, 3.63) is 49.9 Å². The molecule has 3 heteroatoms. The molecular formula is C16H18ClNS. The number of pyridine rings is 1. The molecule has 100 valence electrons. The standard InChI is InChI=1S/C16H18ClNS/c1-10-8-15(17)18-13-6-7-16(3,9-12(10)13)14-5-4-11(2)19-14/h4-5,8H,6-7,9H2,1-3H3. The lowest BCUT2D eigenvalue weighted by molar-refractivity contribution is 0.410. The first-order valence-electron chi connectivity index (χ1n) is 6.70. The number of thiophene rings is 1. The van der Waals surface area contributed by atoms with E-state index in [2.05, 4.69) is 37.9 Å². The third-order valence-electron chi connectivity index (χ3n) is 4.22. The monoisotopic (exact) mass is 291 g/mol. The summed E-state index contributed by atoms with van der Waals surface area (Å²) in [6.07, 6.45) is 3.27. The lowest BCUT2D eigenvalue weighted by atomic mass is 9.72. The number of aryl methyl sites for hydroxylation is 3. The summed E-state index contributed by atoms with van der Waals surface area (Å²) in [6, 6.07) is 6.52. The predicted octanol–water partition coefficient (Wildman–Crippen LogP) is 4.86. The van der Waals surface area contributed by atoms with Crippen LogP contribution in [0.1, 0.15) is 39.9 Å². The molecule has 1 nitrogen and oxygen atoms in total. The summed E-state index contributed by atoms with van der Waals surface area (Å²) in [7, 11) is 0. The van der Waals surface area contributed by atoms with Crippen molar-refractivity contribution in [3.63, 3.8) is 0 Å². The van der Waals surface area contributed by atoms with Crippen LogP contribution in [0.25, 0.3) is 0 Å². The molecule has 0 radical (unpaired) electrons. The fourth-order valence-corrected chi connectivity index (χ4v) is 4.32. The largest absolute Gasteiger partial charge is 0.241 e. The Kier molecular flexibility index (Phi) is 3.18. The minimum atomic E-state index is 0.256. The molecule has 0 aromatic carbocycles.